The number of hydrogen-bond acceptors (Lipinski definition) is 8. The van der Waals surface area contributed by atoms with E-state index in [1.54, 1.807) is 18.2 Å². The Morgan fingerprint density at radius 1 is 1.11 bits per heavy atom. The number of aromatic amines is 1. The zero-order valence-corrected chi connectivity index (χ0v) is 20.6. The molecule has 3 heterocycles. The van der Waals surface area contributed by atoms with E-state index < -0.39 is 5.69 Å². The van der Waals surface area contributed by atoms with Gasteiger partial charge in [-0.1, -0.05) is 29.3 Å². The predicted molar refractivity (Wildman–Crippen MR) is 138 cm³/mol. The molecule has 0 bridgehead atoms. The molecule has 1 saturated heterocycles. The summed E-state index contributed by atoms with van der Waals surface area (Å²) in [7, 11) is 0. The number of para-hydroxylation sites is 1. The second-order valence-corrected chi connectivity index (χ2v) is 8.91. The molecule has 0 aliphatic carbocycles. The third-order valence-electron chi connectivity index (χ3n) is 5.75. The number of ether oxygens (including phenoxy) is 2. The lowest BCUT2D eigenvalue weighted by molar-refractivity contribution is 0.0322. The summed E-state index contributed by atoms with van der Waals surface area (Å²) >= 11 is 12.5. The molecule has 2 aromatic carbocycles. The fourth-order valence-electron chi connectivity index (χ4n) is 3.89. The Morgan fingerprint density at radius 3 is 2.56 bits per heavy atom. The van der Waals surface area contributed by atoms with E-state index in [0.29, 0.717) is 12.0 Å². The van der Waals surface area contributed by atoms with Crippen LogP contribution in [0, 0.1) is 5.41 Å². The van der Waals surface area contributed by atoms with Gasteiger partial charge in [0.15, 0.2) is 5.65 Å². The van der Waals surface area contributed by atoms with E-state index in [2.05, 4.69) is 25.2 Å². The third kappa shape index (κ3) is 5.21. The fraction of sp³-hybridized carbons (Fsp3) is 0.250. The number of morpholine rings is 1. The first-order valence-corrected chi connectivity index (χ1v) is 12.1. The zero-order chi connectivity index (χ0) is 25.1. The number of nitrogens with zero attached hydrogens (tertiary/aromatic N) is 4. The minimum atomic E-state index is -0.592. The van der Waals surface area contributed by atoms with Crippen LogP contribution in [0.1, 0.15) is 0 Å². The van der Waals surface area contributed by atoms with Crippen LogP contribution in [-0.4, -0.2) is 63.9 Å². The van der Waals surface area contributed by atoms with E-state index >= 15 is 0 Å². The smallest absolute Gasteiger partial charge is 0.333 e. The molecule has 5 rings (SSSR count). The minimum absolute atomic E-state index is 0.131. The number of rotatable bonds is 7. The maximum absolute atomic E-state index is 12.8. The van der Waals surface area contributed by atoms with E-state index in [9.17, 15) is 4.79 Å². The van der Waals surface area contributed by atoms with E-state index in [0.717, 1.165) is 48.9 Å². The topological polar surface area (TPSA) is 121 Å². The van der Waals surface area contributed by atoms with Gasteiger partial charge in [0, 0.05) is 31.5 Å². The van der Waals surface area contributed by atoms with Crippen LogP contribution >= 0.6 is 23.2 Å². The summed E-state index contributed by atoms with van der Waals surface area (Å²) in [4.78, 5) is 26.5. The molecule has 0 unspecified atom stereocenters. The molecule has 0 spiro atoms. The highest BCUT2D eigenvalue weighted by atomic mass is 35.5. The quantitative estimate of drug-likeness (QED) is 0.337. The summed E-state index contributed by atoms with van der Waals surface area (Å²) in [5, 5.41) is 12.5. The first-order valence-electron chi connectivity index (χ1n) is 11.3. The van der Waals surface area contributed by atoms with Gasteiger partial charge in [0.1, 0.15) is 17.8 Å². The van der Waals surface area contributed by atoms with Crippen molar-refractivity contribution in [1.82, 2.24) is 24.4 Å². The molecule has 12 heteroatoms. The highest BCUT2D eigenvalue weighted by Gasteiger charge is 2.15. The molecule has 0 atom stereocenters. The Morgan fingerprint density at radius 2 is 1.83 bits per heavy atom. The van der Waals surface area contributed by atoms with Gasteiger partial charge in [0.25, 0.3) is 0 Å². The largest absolute Gasteiger partial charge is 0.492 e. The molecule has 1 aliphatic heterocycles. The number of fused-ring (bicyclic) bond motifs is 1. The normalized spacial score (nSPS) is 14.2. The minimum Gasteiger partial charge on any atom is -0.492 e. The molecule has 0 saturated carbocycles. The number of halogens is 2. The second-order valence-electron chi connectivity index (χ2n) is 8.09. The number of nitrogens with one attached hydrogen (secondary N) is 3. The van der Waals surface area contributed by atoms with Crippen LogP contribution < -0.4 is 21.2 Å². The summed E-state index contributed by atoms with van der Waals surface area (Å²) in [5.74, 6) is 1.03. The van der Waals surface area contributed by atoms with E-state index in [4.69, 9.17) is 38.1 Å². The predicted octanol–water partition coefficient (Wildman–Crippen LogP) is 3.35. The molecular formula is C24H23Cl2N7O3. The van der Waals surface area contributed by atoms with Crippen molar-refractivity contribution in [1.29, 1.82) is 5.41 Å². The molecule has 0 radical (unpaired) electrons. The number of aromatic nitrogens is 4. The van der Waals surface area contributed by atoms with Crippen LogP contribution in [0.15, 0.2) is 53.5 Å². The zero-order valence-electron chi connectivity index (χ0n) is 19.1. The van der Waals surface area contributed by atoms with Crippen LogP contribution in [0.3, 0.4) is 0 Å². The molecular weight excluding hydrogens is 505 g/mol. The Bertz CT molecular complexity index is 1480. The van der Waals surface area contributed by atoms with Gasteiger partial charge >= 0.3 is 5.69 Å². The van der Waals surface area contributed by atoms with Crippen LogP contribution in [0.2, 0.25) is 10.0 Å². The van der Waals surface area contributed by atoms with Crippen molar-refractivity contribution in [3.8, 4) is 11.4 Å². The lowest BCUT2D eigenvalue weighted by atomic mass is 10.3. The maximum Gasteiger partial charge on any atom is 0.333 e. The fourth-order valence-corrected chi connectivity index (χ4v) is 4.45. The molecule has 3 N–H and O–H groups in total. The molecule has 1 aliphatic rings. The summed E-state index contributed by atoms with van der Waals surface area (Å²) in [6.07, 6.45) is 1.47. The average molecular weight is 528 g/mol. The molecule has 186 valence electrons. The second kappa shape index (κ2) is 10.7. The standard InChI is InChI=1S/C24H23Cl2N7O3/c25-18-2-1-3-19(26)20(18)33-21(27)17-14-28-23(30-22(17)31-24(33)34)29-15-4-6-16(7-5-15)36-13-10-32-8-11-35-12-9-32/h1-7,14,27H,8-13H2,(H2,28,29,30,31,34). The number of anilines is 2. The van der Waals surface area contributed by atoms with Crippen LogP contribution in [0.25, 0.3) is 16.7 Å². The van der Waals surface area contributed by atoms with Gasteiger partial charge < -0.3 is 14.8 Å². The lowest BCUT2D eigenvalue weighted by Crippen LogP contribution is -2.38. The van der Waals surface area contributed by atoms with Gasteiger partial charge in [-0.05, 0) is 36.4 Å². The third-order valence-corrected chi connectivity index (χ3v) is 6.36. The van der Waals surface area contributed by atoms with E-state index in [1.807, 2.05) is 24.3 Å². The Hall–Kier alpha value is -3.44. The Kier molecular flexibility index (Phi) is 7.19. The highest BCUT2D eigenvalue weighted by Crippen LogP contribution is 2.26. The van der Waals surface area contributed by atoms with Crippen molar-refractivity contribution in [2.24, 2.45) is 0 Å². The first-order chi connectivity index (χ1) is 17.5. The summed E-state index contributed by atoms with van der Waals surface area (Å²) in [6, 6.07) is 12.3. The average Bonchev–Trinajstić information content (AvgIpc) is 2.87. The molecule has 0 amide bonds. The van der Waals surface area contributed by atoms with Crippen molar-refractivity contribution in [3.05, 3.63) is 74.7 Å². The summed E-state index contributed by atoms with van der Waals surface area (Å²) < 4.78 is 12.3. The molecule has 2 aromatic heterocycles. The van der Waals surface area contributed by atoms with Crippen LogP contribution in [-0.2, 0) is 4.74 Å². The van der Waals surface area contributed by atoms with E-state index in [-0.39, 0.29) is 32.8 Å². The van der Waals surface area contributed by atoms with Gasteiger partial charge in [0.05, 0.1) is 34.3 Å². The van der Waals surface area contributed by atoms with Crippen molar-refractivity contribution in [2.75, 3.05) is 44.8 Å². The molecule has 1 fully saturated rings. The van der Waals surface area contributed by atoms with Gasteiger partial charge in [-0.3, -0.25) is 15.3 Å². The summed E-state index contributed by atoms with van der Waals surface area (Å²) in [6.45, 7) is 4.85. The summed E-state index contributed by atoms with van der Waals surface area (Å²) in [5.41, 5.74) is 0.463. The van der Waals surface area contributed by atoms with Gasteiger partial charge in [-0.2, -0.15) is 4.98 Å². The number of benzene rings is 2. The number of hydrogen-bond donors (Lipinski definition) is 3. The van der Waals surface area contributed by atoms with Crippen molar-refractivity contribution < 1.29 is 9.47 Å². The maximum atomic E-state index is 12.8. The van der Waals surface area contributed by atoms with Crippen molar-refractivity contribution in [3.63, 3.8) is 0 Å². The molecule has 36 heavy (non-hydrogen) atoms. The van der Waals surface area contributed by atoms with Crippen LogP contribution in [0.5, 0.6) is 5.75 Å². The molecule has 4 aromatic rings. The van der Waals surface area contributed by atoms with Gasteiger partial charge in [0.2, 0.25) is 5.95 Å². The first kappa shape index (κ1) is 24.3. The monoisotopic (exact) mass is 527 g/mol. The Balaban J connectivity index is 1.31. The highest BCUT2D eigenvalue weighted by molar-refractivity contribution is 6.37. The van der Waals surface area contributed by atoms with Crippen LogP contribution in [0.4, 0.5) is 11.6 Å². The SMILES string of the molecule is N=c1c2cnc(Nc3ccc(OCCN4CCOCC4)cc3)nc2[nH]c(=O)n1-c1c(Cl)cccc1Cl. The van der Waals surface area contributed by atoms with Crippen molar-refractivity contribution in [2.45, 2.75) is 0 Å². The molecule has 10 nitrogen and oxygen atoms in total. The Labute approximate surface area is 215 Å². The van der Waals surface area contributed by atoms with Gasteiger partial charge in [-0.15, -0.1) is 0 Å². The lowest BCUT2D eigenvalue weighted by Gasteiger charge is -2.26. The van der Waals surface area contributed by atoms with Crippen molar-refractivity contribution >= 4 is 45.9 Å². The van der Waals surface area contributed by atoms with Gasteiger partial charge in [-0.25, -0.2) is 14.3 Å². The van der Waals surface area contributed by atoms with E-state index in [1.165, 1.54) is 6.20 Å². The number of H-pyrrole nitrogens is 1.